The highest BCUT2D eigenvalue weighted by Gasteiger charge is 2.20. The number of hydrogen-bond acceptors (Lipinski definition) is 4. The van der Waals surface area contributed by atoms with Gasteiger partial charge in [0.25, 0.3) is 0 Å². The molecule has 1 radical (unpaired) electrons. The third kappa shape index (κ3) is 2.38. The number of nitrogens with zero attached hydrogens (tertiary/aromatic N) is 3. The fourth-order valence-corrected chi connectivity index (χ4v) is 1.86. The van der Waals surface area contributed by atoms with Gasteiger partial charge in [-0.2, -0.15) is 0 Å². The quantitative estimate of drug-likeness (QED) is 0.681. The van der Waals surface area contributed by atoms with E-state index in [2.05, 4.69) is 28.7 Å². The lowest BCUT2D eigenvalue weighted by atomic mass is 10.2. The lowest BCUT2D eigenvalue weighted by molar-refractivity contribution is 0.0985. The van der Waals surface area contributed by atoms with Crippen LogP contribution in [0, 0.1) is 6.92 Å². The molecular formula is C10H13ClN3O. The Morgan fingerprint density at radius 3 is 3.07 bits per heavy atom. The van der Waals surface area contributed by atoms with E-state index in [9.17, 15) is 0 Å². The van der Waals surface area contributed by atoms with Crippen LogP contribution in [0.25, 0.3) is 0 Å². The zero-order valence-electron chi connectivity index (χ0n) is 8.61. The highest BCUT2D eigenvalue weighted by molar-refractivity contribution is 6.28. The van der Waals surface area contributed by atoms with Gasteiger partial charge in [-0.15, -0.1) is 0 Å². The molecule has 1 aliphatic rings. The van der Waals surface area contributed by atoms with Crippen molar-refractivity contribution in [3.8, 4) is 0 Å². The largest absolute Gasteiger partial charge is 0.377 e. The number of aromatic nitrogens is 2. The van der Waals surface area contributed by atoms with E-state index in [1.807, 2.05) is 6.07 Å². The summed E-state index contributed by atoms with van der Waals surface area (Å²) in [5.74, 6) is 0.829. The highest BCUT2D eigenvalue weighted by Crippen LogP contribution is 2.19. The average molecular weight is 227 g/mol. The van der Waals surface area contributed by atoms with Gasteiger partial charge in [-0.25, -0.2) is 9.97 Å². The van der Waals surface area contributed by atoms with Crippen LogP contribution in [0.4, 0.5) is 5.82 Å². The van der Waals surface area contributed by atoms with Crippen molar-refractivity contribution in [2.24, 2.45) is 0 Å². The Balaban J connectivity index is 2.27. The van der Waals surface area contributed by atoms with E-state index in [4.69, 9.17) is 16.3 Å². The molecule has 81 valence electrons. The van der Waals surface area contributed by atoms with Gasteiger partial charge in [-0.3, -0.25) is 0 Å². The van der Waals surface area contributed by atoms with E-state index in [1.54, 1.807) is 0 Å². The number of rotatable bonds is 1. The summed E-state index contributed by atoms with van der Waals surface area (Å²) in [5, 5.41) is 0.246. The molecule has 1 aromatic heterocycles. The van der Waals surface area contributed by atoms with Gasteiger partial charge in [-0.05, 0) is 25.4 Å². The molecule has 2 rings (SSSR count). The molecule has 1 saturated heterocycles. The summed E-state index contributed by atoms with van der Waals surface area (Å²) in [4.78, 5) is 10.3. The minimum absolute atomic E-state index is 0.246. The third-order valence-electron chi connectivity index (χ3n) is 2.40. The average Bonchev–Trinajstić information content (AvgIpc) is 2.16. The van der Waals surface area contributed by atoms with Crippen molar-refractivity contribution in [1.82, 2.24) is 9.97 Å². The second-order valence-corrected chi connectivity index (χ2v) is 3.94. The summed E-state index contributed by atoms with van der Waals surface area (Å²) < 4.78 is 5.36. The highest BCUT2D eigenvalue weighted by atomic mass is 35.5. The minimum atomic E-state index is 0.246. The van der Waals surface area contributed by atoms with Gasteiger partial charge in [0.15, 0.2) is 0 Å². The molecular weight excluding hydrogens is 214 g/mol. The fourth-order valence-electron chi connectivity index (χ4n) is 1.67. The zero-order chi connectivity index (χ0) is 10.8. The van der Waals surface area contributed by atoms with Crippen molar-refractivity contribution >= 4 is 17.4 Å². The van der Waals surface area contributed by atoms with Crippen LogP contribution in [0.3, 0.4) is 0 Å². The van der Waals surface area contributed by atoms with E-state index in [-0.39, 0.29) is 5.28 Å². The maximum Gasteiger partial charge on any atom is 0.224 e. The number of ether oxygens (including phenoxy) is 1. The van der Waals surface area contributed by atoms with Crippen LogP contribution in [-0.4, -0.2) is 35.8 Å². The normalized spacial score (nSPS) is 21.8. The Morgan fingerprint density at radius 1 is 1.60 bits per heavy atom. The summed E-state index contributed by atoms with van der Waals surface area (Å²) in [6.45, 7) is 8.13. The van der Waals surface area contributed by atoms with Gasteiger partial charge in [0.1, 0.15) is 5.82 Å². The van der Waals surface area contributed by atoms with Crippen LogP contribution in [0.1, 0.15) is 12.6 Å². The summed E-state index contributed by atoms with van der Waals surface area (Å²) in [6.07, 6.45) is 0. The van der Waals surface area contributed by atoms with Crippen LogP contribution in [-0.2, 0) is 4.74 Å². The molecule has 0 spiro atoms. The van der Waals surface area contributed by atoms with Crippen LogP contribution in [0.2, 0.25) is 5.28 Å². The number of anilines is 1. The Labute approximate surface area is 94.2 Å². The fraction of sp³-hybridized carbons (Fsp3) is 0.500. The molecule has 0 unspecified atom stereocenters. The molecule has 0 bridgehead atoms. The monoisotopic (exact) mass is 226 g/mol. The number of hydrogen-bond donors (Lipinski definition) is 0. The van der Waals surface area contributed by atoms with Gasteiger partial charge >= 0.3 is 0 Å². The van der Waals surface area contributed by atoms with Gasteiger partial charge in [0.05, 0.1) is 19.3 Å². The Bertz CT molecular complexity index is 338. The van der Waals surface area contributed by atoms with Crippen molar-refractivity contribution in [3.63, 3.8) is 0 Å². The smallest absolute Gasteiger partial charge is 0.224 e. The summed E-state index contributed by atoms with van der Waals surface area (Å²) in [5.41, 5.74) is 0.642. The van der Waals surface area contributed by atoms with Crippen molar-refractivity contribution in [1.29, 1.82) is 0 Å². The molecule has 15 heavy (non-hydrogen) atoms. The van der Waals surface area contributed by atoms with Gasteiger partial charge < -0.3 is 9.64 Å². The maximum absolute atomic E-state index is 5.80. The van der Waals surface area contributed by atoms with Crippen LogP contribution in [0.5, 0.6) is 0 Å². The Kier molecular flexibility index (Phi) is 3.07. The Hall–Kier alpha value is -0.870. The molecule has 1 aromatic rings. The molecule has 4 nitrogen and oxygen atoms in total. The van der Waals surface area contributed by atoms with Crippen LogP contribution >= 0.6 is 11.6 Å². The van der Waals surface area contributed by atoms with E-state index < -0.39 is 0 Å². The molecule has 0 aromatic carbocycles. The first-order valence-electron chi connectivity index (χ1n) is 4.88. The summed E-state index contributed by atoms with van der Waals surface area (Å²) in [6, 6.07) is 2.15. The van der Waals surface area contributed by atoms with Gasteiger partial charge in [0, 0.05) is 18.3 Å². The summed E-state index contributed by atoms with van der Waals surface area (Å²) in [7, 11) is 0. The van der Waals surface area contributed by atoms with Crippen LogP contribution in [0.15, 0.2) is 6.07 Å². The molecule has 1 aliphatic heterocycles. The van der Waals surface area contributed by atoms with Crippen LogP contribution < -0.4 is 4.90 Å². The predicted octanol–water partition coefficient (Wildman–Crippen LogP) is 1.54. The summed E-state index contributed by atoms with van der Waals surface area (Å²) >= 11 is 5.80. The molecule has 2 heterocycles. The van der Waals surface area contributed by atoms with Gasteiger partial charge in [-0.1, -0.05) is 0 Å². The predicted molar refractivity (Wildman–Crippen MR) is 59.1 cm³/mol. The molecule has 0 saturated carbocycles. The van der Waals surface area contributed by atoms with Crippen molar-refractivity contribution in [2.45, 2.75) is 13.0 Å². The second-order valence-electron chi connectivity index (χ2n) is 3.60. The first-order chi connectivity index (χ1) is 7.16. The number of morpholine rings is 1. The standard InChI is InChI=1S/C10H13ClN3O/c1-7-5-9(13-10(11)12-7)14-3-4-15-6-8(14)2/h5,8H,1,3-4,6H2,2H3/t8-/m1/s1. The topological polar surface area (TPSA) is 38.2 Å². The third-order valence-corrected chi connectivity index (χ3v) is 2.57. The number of halogens is 1. The van der Waals surface area contributed by atoms with Crippen molar-refractivity contribution in [2.75, 3.05) is 24.7 Å². The second kappa shape index (κ2) is 4.33. The van der Waals surface area contributed by atoms with E-state index in [1.165, 1.54) is 0 Å². The lowest BCUT2D eigenvalue weighted by Crippen LogP contribution is -2.44. The van der Waals surface area contributed by atoms with Crippen molar-refractivity contribution < 1.29 is 4.74 Å². The van der Waals surface area contributed by atoms with E-state index >= 15 is 0 Å². The molecule has 0 amide bonds. The first kappa shape index (κ1) is 10.6. The van der Waals surface area contributed by atoms with E-state index in [0.717, 1.165) is 19.0 Å². The Morgan fingerprint density at radius 2 is 2.40 bits per heavy atom. The van der Waals surface area contributed by atoms with E-state index in [0.29, 0.717) is 18.3 Å². The molecule has 5 heteroatoms. The van der Waals surface area contributed by atoms with Gasteiger partial charge in [0.2, 0.25) is 5.28 Å². The first-order valence-corrected chi connectivity index (χ1v) is 5.25. The molecule has 0 aliphatic carbocycles. The zero-order valence-corrected chi connectivity index (χ0v) is 9.37. The SMILES string of the molecule is [CH2]c1cc(N2CCOC[C@H]2C)nc(Cl)n1. The molecule has 0 N–H and O–H groups in total. The lowest BCUT2D eigenvalue weighted by Gasteiger charge is -2.34. The maximum atomic E-state index is 5.80. The van der Waals surface area contributed by atoms with Crippen molar-refractivity contribution in [3.05, 3.63) is 24.0 Å². The molecule has 1 atom stereocenters. The minimum Gasteiger partial charge on any atom is -0.377 e. The molecule has 1 fully saturated rings.